The number of aromatic nitrogens is 1. The van der Waals surface area contributed by atoms with Crippen LogP contribution in [0.2, 0.25) is 0 Å². The molecule has 1 aromatic heterocycles. The van der Waals surface area contributed by atoms with E-state index in [9.17, 15) is 0 Å². The monoisotopic (exact) mass is 276 g/mol. The summed E-state index contributed by atoms with van der Waals surface area (Å²) in [5.74, 6) is 0. The molecule has 2 heteroatoms. The molecule has 106 valence electrons. The Labute approximate surface area is 124 Å². The van der Waals surface area contributed by atoms with Crippen molar-refractivity contribution in [2.45, 2.75) is 33.2 Å². The zero-order valence-corrected chi connectivity index (χ0v) is 12.9. The van der Waals surface area contributed by atoms with Gasteiger partial charge >= 0.3 is 0 Å². The lowest BCUT2D eigenvalue weighted by atomic mass is 10.0. The van der Waals surface area contributed by atoms with Gasteiger partial charge in [0.1, 0.15) is 0 Å². The molecule has 0 amide bonds. The van der Waals surface area contributed by atoms with E-state index in [0.29, 0.717) is 6.04 Å². The van der Waals surface area contributed by atoms with Crippen molar-refractivity contribution in [2.24, 2.45) is 4.99 Å². The third-order valence-electron chi connectivity index (χ3n) is 4.48. The van der Waals surface area contributed by atoms with Crippen LogP contribution in [0.1, 0.15) is 38.1 Å². The third-order valence-corrected chi connectivity index (χ3v) is 4.48. The SMILES string of the molecule is C/C=C/c1c2cccc3c4c(cc(c23)n1C(C)C)CCN=4. The Morgan fingerprint density at radius 3 is 2.81 bits per heavy atom. The van der Waals surface area contributed by atoms with Crippen LogP contribution in [0.3, 0.4) is 0 Å². The fraction of sp³-hybridized carbons (Fsp3) is 0.316. The van der Waals surface area contributed by atoms with E-state index in [1.165, 1.54) is 38.3 Å². The Morgan fingerprint density at radius 2 is 2.05 bits per heavy atom. The molecule has 1 aliphatic heterocycles. The average Bonchev–Trinajstić information content (AvgIpc) is 3.05. The van der Waals surface area contributed by atoms with Crippen molar-refractivity contribution in [2.75, 3.05) is 6.54 Å². The Balaban J connectivity index is 2.30. The van der Waals surface area contributed by atoms with Gasteiger partial charge in [-0.3, -0.25) is 4.99 Å². The van der Waals surface area contributed by atoms with E-state index >= 15 is 0 Å². The molecule has 0 saturated heterocycles. The summed E-state index contributed by atoms with van der Waals surface area (Å²) in [6, 6.07) is 9.46. The highest BCUT2D eigenvalue weighted by Gasteiger charge is 2.19. The molecule has 3 aromatic rings. The van der Waals surface area contributed by atoms with E-state index in [1.54, 1.807) is 0 Å². The van der Waals surface area contributed by atoms with Crippen molar-refractivity contribution in [1.29, 1.82) is 0 Å². The van der Waals surface area contributed by atoms with Crippen LogP contribution in [0.25, 0.3) is 27.8 Å². The molecular weight excluding hydrogens is 256 g/mol. The Morgan fingerprint density at radius 1 is 1.24 bits per heavy atom. The molecular formula is C19H20N2. The molecule has 0 unspecified atom stereocenters. The number of fused-ring (bicyclic) bond motifs is 2. The summed E-state index contributed by atoms with van der Waals surface area (Å²) in [5, 5.41) is 5.27. The van der Waals surface area contributed by atoms with E-state index in [-0.39, 0.29) is 0 Å². The summed E-state index contributed by atoms with van der Waals surface area (Å²) in [6.45, 7) is 7.55. The number of nitrogens with zero attached hydrogens (tertiary/aromatic N) is 2. The van der Waals surface area contributed by atoms with E-state index < -0.39 is 0 Å². The van der Waals surface area contributed by atoms with Crippen molar-refractivity contribution in [3.63, 3.8) is 0 Å². The Hall–Kier alpha value is -2.09. The Kier molecular flexibility index (Phi) is 2.68. The largest absolute Gasteiger partial charge is 0.338 e. The summed E-state index contributed by atoms with van der Waals surface area (Å²) < 4.78 is 2.47. The second kappa shape index (κ2) is 4.45. The van der Waals surface area contributed by atoms with E-state index in [2.05, 4.69) is 61.8 Å². The first kappa shape index (κ1) is 12.6. The lowest BCUT2D eigenvalue weighted by Gasteiger charge is -2.13. The van der Waals surface area contributed by atoms with E-state index in [4.69, 9.17) is 4.99 Å². The van der Waals surface area contributed by atoms with Gasteiger partial charge in [0, 0.05) is 34.4 Å². The van der Waals surface area contributed by atoms with Crippen LogP contribution < -0.4 is 5.36 Å². The zero-order chi connectivity index (χ0) is 14.6. The summed E-state index contributed by atoms with van der Waals surface area (Å²) in [6.07, 6.45) is 5.44. The second-order valence-corrected chi connectivity index (χ2v) is 6.11. The molecule has 2 nitrogen and oxygen atoms in total. The molecule has 1 aliphatic rings. The maximum absolute atomic E-state index is 4.73. The summed E-state index contributed by atoms with van der Waals surface area (Å²) >= 11 is 0. The number of hydrogen-bond donors (Lipinski definition) is 0. The first-order valence-corrected chi connectivity index (χ1v) is 7.77. The Bertz CT molecular complexity index is 926. The van der Waals surface area contributed by atoms with Crippen molar-refractivity contribution in [1.82, 2.24) is 4.57 Å². The number of rotatable bonds is 2. The van der Waals surface area contributed by atoms with Crippen LogP contribution in [0.5, 0.6) is 0 Å². The minimum atomic E-state index is 0.447. The first-order chi connectivity index (χ1) is 10.2. The number of hydrogen-bond acceptors (Lipinski definition) is 1. The topological polar surface area (TPSA) is 17.3 Å². The van der Waals surface area contributed by atoms with Crippen LogP contribution in [-0.4, -0.2) is 11.1 Å². The molecule has 2 heterocycles. The molecule has 0 fully saturated rings. The predicted octanol–water partition coefficient (Wildman–Crippen LogP) is 4.30. The molecule has 2 aromatic carbocycles. The van der Waals surface area contributed by atoms with Gasteiger partial charge in [-0.2, -0.15) is 0 Å². The molecule has 0 radical (unpaired) electrons. The fourth-order valence-corrected chi connectivity index (χ4v) is 3.72. The van der Waals surface area contributed by atoms with E-state index in [1.807, 2.05) is 0 Å². The third kappa shape index (κ3) is 1.62. The summed E-state index contributed by atoms with van der Waals surface area (Å²) in [7, 11) is 0. The van der Waals surface area contributed by atoms with Gasteiger partial charge < -0.3 is 4.57 Å². The lowest BCUT2D eigenvalue weighted by molar-refractivity contribution is 0.620. The first-order valence-electron chi connectivity index (χ1n) is 7.77. The van der Waals surface area contributed by atoms with Gasteiger partial charge in [-0.1, -0.05) is 24.3 Å². The van der Waals surface area contributed by atoms with Crippen molar-refractivity contribution in [3.8, 4) is 0 Å². The molecule has 0 spiro atoms. The summed E-state index contributed by atoms with van der Waals surface area (Å²) in [5.41, 5.74) is 4.08. The second-order valence-electron chi connectivity index (χ2n) is 6.11. The standard InChI is InChI=1S/C19H20N2/c1-4-6-16-14-7-5-8-15-18(14)17(21(16)12(2)3)11-13-9-10-20-19(13)15/h4-8,11-12H,9-10H2,1-3H3/b6-4+. The molecule has 0 bridgehead atoms. The molecule has 4 rings (SSSR count). The van der Waals surface area contributed by atoms with Crippen molar-refractivity contribution < 1.29 is 0 Å². The number of benzene rings is 2. The maximum Gasteiger partial charge on any atom is 0.0687 e. The molecule has 0 saturated carbocycles. The van der Waals surface area contributed by atoms with Crippen LogP contribution in [0, 0.1) is 0 Å². The smallest absolute Gasteiger partial charge is 0.0687 e. The lowest BCUT2D eigenvalue weighted by Crippen LogP contribution is -2.07. The minimum absolute atomic E-state index is 0.447. The normalized spacial score (nSPS) is 14.7. The number of allylic oxidation sites excluding steroid dienone is 1. The highest BCUT2D eigenvalue weighted by Crippen LogP contribution is 2.35. The van der Waals surface area contributed by atoms with Crippen molar-refractivity contribution >= 4 is 27.8 Å². The van der Waals surface area contributed by atoms with E-state index in [0.717, 1.165) is 13.0 Å². The highest BCUT2D eigenvalue weighted by atomic mass is 15.0. The summed E-state index contributed by atoms with van der Waals surface area (Å²) in [4.78, 5) is 4.73. The molecule has 0 atom stereocenters. The maximum atomic E-state index is 4.73. The van der Waals surface area contributed by atoms with Gasteiger partial charge in [0.15, 0.2) is 0 Å². The van der Waals surface area contributed by atoms with Gasteiger partial charge in [0.05, 0.1) is 10.9 Å². The molecule has 0 N–H and O–H groups in total. The minimum Gasteiger partial charge on any atom is -0.338 e. The van der Waals surface area contributed by atoms with Gasteiger partial charge in [0.25, 0.3) is 0 Å². The fourth-order valence-electron chi connectivity index (χ4n) is 3.72. The molecule has 21 heavy (non-hydrogen) atoms. The van der Waals surface area contributed by atoms with Crippen LogP contribution in [-0.2, 0) is 6.42 Å². The van der Waals surface area contributed by atoms with Crippen molar-refractivity contribution in [3.05, 3.63) is 47.0 Å². The van der Waals surface area contributed by atoms with Gasteiger partial charge in [-0.25, -0.2) is 0 Å². The van der Waals surface area contributed by atoms with Gasteiger partial charge in [-0.15, -0.1) is 0 Å². The van der Waals surface area contributed by atoms with Gasteiger partial charge in [-0.05, 0) is 44.9 Å². The van der Waals surface area contributed by atoms with Crippen LogP contribution in [0.15, 0.2) is 35.3 Å². The quantitative estimate of drug-likeness (QED) is 0.664. The predicted molar refractivity (Wildman–Crippen MR) is 89.9 cm³/mol. The van der Waals surface area contributed by atoms with Crippen LogP contribution in [0.4, 0.5) is 0 Å². The average molecular weight is 276 g/mol. The molecule has 0 aliphatic carbocycles. The van der Waals surface area contributed by atoms with Crippen LogP contribution >= 0.6 is 0 Å². The zero-order valence-electron chi connectivity index (χ0n) is 12.9. The van der Waals surface area contributed by atoms with Gasteiger partial charge in [0.2, 0.25) is 0 Å². The highest BCUT2D eigenvalue weighted by molar-refractivity contribution is 6.13.